The third-order valence-electron chi connectivity index (χ3n) is 8.01. The third kappa shape index (κ3) is 6.14. The van der Waals surface area contributed by atoms with Crippen molar-refractivity contribution in [3.63, 3.8) is 0 Å². The summed E-state index contributed by atoms with van der Waals surface area (Å²) in [7, 11) is 3.40. The van der Waals surface area contributed by atoms with Crippen LogP contribution in [-0.2, 0) is 13.0 Å². The van der Waals surface area contributed by atoms with Crippen LogP contribution in [0.3, 0.4) is 0 Å². The lowest BCUT2D eigenvalue weighted by molar-refractivity contribution is 0.0821. The van der Waals surface area contributed by atoms with Crippen LogP contribution in [0.2, 0.25) is 0 Å². The summed E-state index contributed by atoms with van der Waals surface area (Å²) in [6, 6.07) is 6.55. The number of anilines is 2. The van der Waals surface area contributed by atoms with E-state index in [1.54, 1.807) is 26.5 Å². The normalized spacial score (nSPS) is 20.0. The Kier molecular flexibility index (Phi) is 7.98. The van der Waals surface area contributed by atoms with E-state index in [1.165, 1.54) is 35.4 Å². The second kappa shape index (κ2) is 11.6. The molecular formula is C29H39N9O. The molecule has 3 aliphatic rings. The van der Waals surface area contributed by atoms with Gasteiger partial charge in [0.15, 0.2) is 0 Å². The number of guanidine groups is 1. The molecule has 1 amide bonds. The molecule has 0 spiro atoms. The number of hydrogen-bond acceptors (Lipinski definition) is 7. The topological polar surface area (TPSA) is 104 Å². The van der Waals surface area contributed by atoms with Crippen LogP contribution in [0.15, 0.2) is 35.6 Å². The van der Waals surface area contributed by atoms with Crippen molar-refractivity contribution < 1.29 is 4.79 Å². The molecule has 10 nitrogen and oxygen atoms in total. The maximum absolute atomic E-state index is 12.2. The van der Waals surface area contributed by atoms with E-state index in [0.717, 1.165) is 36.9 Å². The number of carbonyl (C=O) groups is 1. The minimum atomic E-state index is -0.166. The molecule has 1 aromatic carbocycles. The van der Waals surface area contributed by atoms with Crippen LogP contribution in [0.4, 0.5) is 11.5 Å². The molecule has 1 saturated heterocycles. The van der Waals surface area contributed by atoms with Gasteiger partial charge < -0.3 is 20.0 Å². The van der Waals surface area contributed by atoms with E-state index in [4.69, 9.17) is 0 Å². The number of piperazine rings is 1. The van der Waals surface area contributed by atoms with Crippen molar-refractivity contribution in [3.05, 3.63) is 47.4 Å². The molecule has 1 saturated carbocycles. The van der Waals surface area contributed by atoms with Crippen molar-refractivity contribution in [2.24, 2.45) is 16.8 Å². The van der Waals surface area contributed by atoms with E-state index < -0.39 is 0 Å². The lowest BCUT2D eigenvalue weighted by Crippen LogP contribution is -2.58. The van der Waals surface area contributed by atoms with Gasteiger partial charge in [0.05, 0.1) is 18.4 Å². The van der Waals surface area contributed by atoms with E-state index in [2.05, 4.69) is 67.0 Å². The van der Waals surface area contributed by atoms with E-state index in [0.29, 0.717) is 37.2 Å². The summed E-state index contributed by atoms with van der Waals surface area (Å²) in [5, 5.41) is 13.2. The predicted octanol–water partition coefficient (Wildman–Crippen LogP) is 3.04. The van der Waals surface area contributed by atoms with E-state index >= 15 is 0 Å². The average molecular weight is 530 g/mol. The first-order valence-corrected chi connectivity index (χ1v) is 14.0. The van der Waals surface area contributed by atoms with Gasteiger partial charge in [-0.3, -0.25) is 9.69 Å². The van der Waals surface area contributed by atoms with E-state index in [1.807, 2.05) is 6.19 Å². The number of aliphatic imine (C=N–C) groups is 1. The highest BCUT2D eigenvalue weighted by Gasteiger charge is 2.33. The Hall–Kier alpha value is -3.71. The van der Waals surface area contributed by atoms with E-state index in [9.17, 15) is 10.1 Å². The summed E-state index contributed by atoms with van der Waals surface area (Å²) in [6.07, 6.45) is 9.00. The van der Waals surface area contributed by atoms with Gasteiger partial charge in [-0.2, -0.15) is 5.26 Å². The van der Waals surface area contributed by atoms with E-state index in [-0.39, 0.29) is 11.9 Å². The van der Waals surface area contributed by atoms with Crippen LogP contribution >= 0.6 is 0 Å². The molecular weight excluding hydrogens is 490 g/mol. The SMILES string of the molecule is CC(C)C1CN(c2cnc(C(=O)N(C)C)cn2)CCN1/C(=N\C#N)Nc1cccc2c1CCN(CC1CC1)C2. The number of fused-ring (bicyclic) bond motifs is 1. The van der Waals surface area contributed by atoms with Crippen molar-refractivity contribution in [1.29, 1.82) is 5.26 Å². The maximum Gasteiger partial charge on any atom is 0.273 e. The summed E-state index contributed by atoms with van der Waals surface area (Å²) in [4.78, 5) is 33.9. The van der Waals surface area contributed by atoms with Gasteiger partial charge in [-0.15, -0.1) is 4.99 Å². The molecule has 10 heteroatoms. The van der Waals surface area contributed by atoms with Gasteiger partial charge in [0.25, 0.3) is 5.91 Å². The molecule has 39 heavy (non-hydrogen) atoms. The molecule has 1 aliphatic carbocycles. The zero-order valence-electron chi connectivity index (χ0n) is 23.5. The number of rotatable bonds is 6. The summed E-state index contributed by atoms with van der Waals surface area (Å²) in [6.45, 7) is 9.73. The number of carbonyl (C=O) groups excluding carboxylic acids is 1. The molecule has 5 rings (SSSR count). The summed E-state index contributed by atoms with van der Waals surface area (Å²) in [5.41, 5.74) is 4.07. The molecule has 0 bridgehead atoms. The van der Waals surface area contributed by atoms with Crippen molar-refractivity contribution in [3.8, 4) is 6.19 Å². The Morgan fingerprint density at radius 2 is 2.03 bits per heavy atom. The predicted molar refractivity (Wildman–Crippen MR) is 152 cm³/mol. The maximum atomic E-state index is 12.2. The average Bonchev–Trinajstić information content (AvgIpc) is 3.76. The second-order valence-electron chi connectivity index (χ2n) is 11.4. The summed E-state index contributed by atoms with van der Waals surface area (Å²) in [5.74, 6) is 2.37. The molecule has 206 valence electrons. The molecule has 1 aromatic heterocycles. The van der Waals surface area contributed by atoms with Crippen LogP contribution in [0.25, 0.3) is 0 Å². The first-order valence-electron chi connectivity index (χ1n) is 14.0. The van der Waals surface area contributed by atoms with Crippen LogP contribution in [0, 0.1) is 23.3 Å². The first-order chi connectivity index (χ1) is 18.8. The van der Waals surface area contributed by atoms with Crippen molar-refractivity contribution in [2.75, 3.05) is 57.0 Å². The first kappa shape index (κ1) is 26.9. The number of nitrogens with zero attached hydrogens (tertiary/aromatic N) is 8. The second-order valence-corrected chi connectivity index (χ2v) is 11.4. The fourth-order valence-electron chi connectivity index (χ4n) is 5.61. The van der Waals surface area contributed by atoms with Crippen LogP contribution < -0.4 is 10.2 Å². The van der Waals surface area contributed by atoms with Gasteiger partial charge in [0.1, 0.15) is 11.5 Å². The molecule has 2 aromatic rings. The Balaban J connectivity index is 1.31. The Morgan fingerprint density at radius 3 is 2.69 bits per heavy atom. The molecule has 1 atom stereocenters. The molecule has 0 radical (unpaired) electrons. The Bertz CT molecular complexity index is 1250. The minimum Gasteiger partial charge on any atom is -0.351 e. The molecule has 2 aliphatic heterocycles. The monoisotopic (exact) mass is 529 g/mol. The van der Waals surface area contributed by atoms with Gasteiger partial charge in [-0.25, -0.2) is 9.97 Å². The number of benzene rings is 1. The molecule has 3 heterocycles. The fourth-order valence-corrected chi connectivity index (χ4v) is 5.61. The van der Waals surface area contributed by atoms with Crippen LogP contribution in [-0.4, -0.2) is 89.4 Å². The van der Waals surface area contributed by atoms with Crippen molar-refractivity contribution in [1.82, 2.24) is 24.7 Å². The molecule has 1 unspecified atom stereocenters. The molecule has 2 fully saturated rings. The highest BCUT2D eigenvalue weighted by Crippen LogP contribution is 2.33. The lowest BCUT2D eigenvalue weighted by atomic mass is 9.97. The number of hydrogen-bond donors (Lipinski definition) is 1. The fraction of sp³-hybridized carbons (Fsp3) is 0.552. The Labute approximate surface area is 231 Å². The number of amides is 1. The molecule has 1 N–H and O–H groups in total. The lowest BCUT2D eigenvalue weighted by Gasteiger charge is -2.45. The van der Waals surface area contributed by atoms with Gasteiger partial charge in [0.2, 0.25) is 12.2 Å². The third-order valence-corrected chi connectivity index (χ3v) is 8.01. The largest absolute Gasteiger partial charge is 0.351 e. The minimum absolute atomic E-state index is 0.108. The van der Waals surface area contributed by atoms with Gasteiger partial charge in [-0.05, 0) is 48.3 Å². The Morgan fingerprint density at radius 1 is 1.21 bits per heavy atom. The number of nitrogens with one attached hydrogen (secondary N) is 1. The smallest absolute Gasteiger partial charge is 0.273 e. The van der Waals surface area contributed by atoms with Gasteiger partial charge in [-0.1, -0.05) is 26.0 Å². The number of nitriles is 1. The van der Waals surface area contributed by atoms with Gasteiger partial charge in [0, 0.05) is 59.1 Å². The summed E-state index contributed by atoms with van der Waals surface area (Å²) < 4.78 is 0. The zero-order chi connectivity index (χ0) is 27.5. The van der Waals surface area contributed by atoms with Crippen molar-refractivity contribution >= 4 is 23.4 Å². The zero-order valence-corrected chi connectivity index (χ0v) is 23.5. The highest BCUT2D eigenvalue weighted by molar-refractivity contribution is 5.95. The quantitative estimate of drug-likeness (QED) is 0.346. The van der Waals surface area contributed by atoms with Crippen LogP contribution in [0.5, 0.6) is 0 Å². The van der Waals surface area contributed by atoms with Crippen LogP contribution in [0.1, 0.15) is 48.3 Å². The standard InChI is InChI=1S/C29H39N9O/c1-20(2)26-18-37(27-15-31-25(14-32-27)28(39)35(3)4)12-13-38(26)29(33-19-30)34-24-7-5-6-22-17-36(11-10-23(22)24)16-21-8-9-21/h5-7,14-15,20-21,26H,8-13,16-18H2,1-4H3,(H,33,34). The highest BCUT2D eigenvalue weighted by atomic mass is 16.2. The summed E-state index contributed by atoms with van der Waals surface area (Å²) >= 11 is 0. The number of aromatic nitrogens is 2. The van der Waals surface area contributed by atoms with Gasteiger partial charge >= 0.3 is 0 Å². The van der Waals surface area contributed by atoms with Crippen molar-refractivity contribution in [2.45, 2.75) is 45.7 Å².